The Hall–Kier alpha value is -3.42. The highest BCUT2D eigenvalue weighted by Crippen LogP contribution is 2.36. The number of amides is 1. The highest BCUT2D eigenvalue weighted by Gasteiger charge is 2.36. The third-order valence-corrected chi connectivity index (χ3v) is 7.08. The maximum atomic E-state index is 13.3. The smallest absolute Gasteiger partial charge is 0.426 e. The van der Waals surface area contributed by atoms with Crippen LogP contribution in [0.25, 0.3) is 17.0 Å². The van der Waals surface area contributed by atoms with Crippen molar-refractivity contribution in [1.82, 2.24) is 10.4 Å². The SMILES string of the molecule is CCOC(=O)C(CC(=O)C(C)(C)/C=C/c1ccc2ccc(N(C)NC(=O)OC(C)(C)C)nc2c1)C1CCCC1. The van der Waals surface area contributed by atoms with Gasteiger partial charge in [0.15, 0.2) is 0 Å². The molecule has 1 aromatic carbocycles. The molecule has 1 heterocycles. The Morgan fingerprint density at radius 3 is 2.41 bits per heavy atom. The number of ketones is 1. The summed E-state index contributed by atoms with van der Waals surface area (Å²) in [6, 6.07) is 9.64. The summed E-state index contributed by atoms with van der Waals surface area (Å²) < 4.78 is 10.6. The zero-order chi connectivity index (χ0) is 28.8. The monoisotopic (exact) mass is 537 g/mol. The summed E-state index contributed by atoms with van der Waals surface area (Å²) in [5.74, 6) is 0.181. The molecule has 1 N–H and O–H groups in total. The van der Waals surface area contributed by atoms with E-state index in [1.807, 2.05) is 56.3 Å². The van der Waals surface area contributed by atoms with Crippen LogP contribution in [0.15, 0.2) is 36.4 Å². The molecule has 1 fully saturated rings. The standard InChI is InChI=1S/C31H43N3O5/c1-8-38-28(36)24(22-11-9-10-12-22)20-26(35)31(5,6)18-17-21-13-14-23-15-16-27(32-25(23)19-21)34(7)33-29(37)39-30(2,3)4/h13-19,22,24H,8-12,20H2,1-7H3,(H,33,37)/b18-17+. The number of carbonyl (C=O) groups is 3. The van der Waals surface area contributed by atoms with Crippen LogP contribution in [0.3, 0.4) is 0 Å². The minimum atomic E-state index is -0.745. The van der Waals surface area contributed by atoms with E-state index in [1.54, 1.807) is 34.7 Å². The topological polar surface area (TPSA) is 97.8 Å². The highest BCUT2D eigenvalue weighted by atomic mass is 16.6. The zero-order valence-corrected chi connectivity index (χ0v) is 24.4. The molecule has 1 aromatic heterocycles. The fourth-order valence-corrected chi connectivity index (χ4v) is 4.82. The molecule has 3 rings (SSSR count). The minimum Gasteiger partial charge on any atom is -0.466 e. The number of nitrogens with one attached hydrogen (secondary N) is 1. The molecule has 212 valence electrons. The fourth-order valence-electron chi connectivity index (χ4n) is 4.82. The molecule has 1 aliphatic rings. The number of hydrogen-bond donors (Lipinski definition) is 1. The predicted molar refractivity (Wildman–Crippen MR) is 154 cm³/mol. The maximum Gasteiger partial charge on any atom is 0.426 e. The second-order valence-electron chi connectivity index (χ2n) is 11.9. The normalized spacial score (nSPS) is 15.4. The van der Waals surface area contributed by atoms with Gasteiger partial charge in [0.2, 0.25) is 0 Å². The Morgan fingerprint density at radius 1 is 1.10 bits per heavy atom. The van der Waals surface area contributed by atoms with E-state index in [2.05, 4.69) is 10.4 Å². The molecule has 2 aromatic rings. The second kappa shape index (κ2) is 12.6. The van der Waals surface area contributed by atoms with Gasteiger partial charge >= 0.3 is 12.1 Å². The van der Waals surface area contributed by atoms with Gasteiger partial charge in [-0.25, -0.2) is 15.2 Å². The Labute approximate surface area is 232 Å². The van der Waals surface area contributed by atoms with Crippen LogP contribution in [0.2, 0.25) is 0 Å². The molecule has 8 heteroatoms. The van der Waals surface area contributed by atoms with Crippen molar-refractivity contribution in [2.24, 2.45) is 17.3 Å². The number of carbonyl (C=O) groups excluding carboxylic acids is 3. The van der Waals surface area contributed by atoms with E-state index in [0.717, 1.165) is 42.1 Å². The third-order valence-electron chi connectivity index (χ3n) is 7.08. The maximum absolute atomic E-state index is 13.3. The van der Waals surface area contributed by atoms with Gasteiger partial charge in [-0.2, -0.15) is 0 Å². The average Bonchev–Trinajstić information content (AvgIpc) is 3.39. The fraction of sp³-hybridized carbons (Fsp3) is 0.548. The van der Waals surface area contributed by atoms with Crippen molar-refractivity contribution in [2.45, 2.75) is 79.2 Å². The first-order chi connectivity index (χ1) is 18.3. The minimum absolute atomic E-state index is 0.0275. The summed E-state index contributed by atoms with van der Waals surface area (Å²) in [4.78, 5) is 42.8. The van der Waals surface area contributed by atoms with Crippen molar-refractivity contribution in [3.8, 4) is 0 Å². The van der Waals surface area contributed by atoms with E-state index in [-0.39, 0.29) is 30.0 Å². The first-order valence-corrected chi connectivity index (χ1v) is 13.8. The van der Waals surface area contributed by atoms with Gasteiger partial charge in [0.05, 0.1) is 18.0 Å². The summed E-state index contributed by atoms with van der Waals surface area (Å²) >= 11 is 0. The largest absolute Gasteiger partial charge is 0.466 e. The first-order valence-electron chi connectivity index (χ1n) is 13.8. The molecule has 8 nitrogen and oxygen atoms in total. The molecule has 0 spiro atoms. The Morgan fingerprint density at radius 2 is 1.77 bits per heavy atom. The van der Waals surface area contributed by atoms with E-state index in [1.165, 1.54) is 5.01 Å². The second-order valence-corrected chi connectivity index (χ2v) is 11.9. The number of ether oxygens (including phenoxy) is 2. The van der Waals surface area contributed by atoms with Crippen LogP contribution in [0.1, 0.15) is 79.2 Å². The van der Waals surface area contributed by atoms with Crippen molar-refractivity contribution >= 4 is 40.6 Å². The zero-order valence-electron chi connectivity index (χ0n) is 24.4. The van der Waals surface area contributed by atoms with Crippen LogP contribution < -0.4 is 10.4 Å². The van der Waals surface area contributed by atoms with Crippen molar-refractivity contribution in [1.29, 1.82) is 0 Å². The van der Waals surface area contributed by atoms with Crippen molar-refractivity contribution in [2.75, 3.05) is 18.7 Å². The number of anilines is 1. The molecule has 0 radical (unpaired) electrons. The van der Waals surface area contributed by atoms with E-state index in [4.69, 9.17) is 9.47 Å². The van der Waals surface area contributed by atoms with Crippen LogP contribution in [-0.2, 0) is 19.1 Å². The van der Waals surface area contributed by atoms with E-state index < -0.39 is 17.1 Å². The van der Waals surface area contributed by atoms with E-state index in [9.17, 15) is 14.4 Å². The number of pyridine rings is 1. The molecule has 0 bridgehead atoms. The predicted octanol–water partition coefficient (Wildman–Crippen LogP) is 6.48. The number of allylic oxidation sites excluding steroid dienone is 1. The van der Waals surface area contributed by atoms with Crippen LogP contribution in [0.4, 0.5) is 10.6 Å². The number of fused-ring (bicyclic) bond motifs is 1. The molecule has 1 amide bonds. The number of aromatic nitrogens is 1. The molecule has 1 atom stereocenters. The van der Waals surface area contributed by atoms with Crippen molar-refractivity contribution in [3.63, 3.8) is 0 Å². The van der Waals surface area contributed by atoms with Gasteiger partial charge in [-0.3, -0.25) is 14.6 Å². The molecular formula is C31H43N3O5. The lowest BCUT2D eigenvalue weighted by atomic mass is 9.78. The van der Waals surface area contributed by atoms with Crippen molar-refractivity contribution in [3.05, 3.63) is 42.0 Å². The quantitative estimate of drug-likeness (QED) is 0.274. The van der Waals surface area contributed by atoms with Crippen LogP contribution >= 0.6 is 0 Å². The molecule has 0 saturated heterocycles. The van der Waals surface area contributed by atoms with Gasteiger partial charge in [0.25, 0.3) is 0 Å². The molecule has 1 saturated carbocycles. The molecule has 39 heavy (non-hydrogen) atoms. The summed E-state index contributed by atoms with van der Waals surface area (Å²) in [5, 5.41) is 2.47. The number of hydrogen-bond acceptors (Lipinski definition) is 7. The van der Waals surface area contributed by atoms with Crippen LogP contribution in [0, 0.1) is 17.3 Å². The van der Waals surface area contributed by atoms with E-state index >= 15 is 0 Å². The van der Waals surface area contributed by atoms with Gasteiger partial charge in [-0.1, -0.05) is 37.1 Å². The summed E-state index contributed by atoms with van der Waals surface area (Å²) in [6.07, 6.45) is 7.60. The Kier molecular flexibility index (Phi) is 9.75. The lowest BCUT2D eigenvalue weighted by molar-refractivity contribution is -0.152. The van der Waals surface area contributed by atoms with Crippen molar-refractivity contribution < 1.29 is 23.9 Å². The summed E-state index contributed by atoms with van der Waals surface area (Å²) in [7, 11) is 1.70. The van der Waals surface area contributed by atoms with Gasteiger partial charge in [-0.15, -0.1) is 0 Å². The lowest BCUT2D eigenvalue weighted by Crippen LogP contribution is -2.43. The molecule has 1 aliphatic carbocycles. The molecule has 0 aliphatic heterocycles. The number of nitrogens with zero attached hydrogens (tertiary/aromatic N) is 2. The highest BCUT2D eigenvalue weighted by molar-refractivity contribution is 5.91. The number of benzene rings is 1. The van der Waals surface area contributed by atoms with Gasteiger partial charge < -0.3 is 9.47 Å². The number of esters is 1. The Balaban J connectivity index is 1.73. The lowest BCUT2D eigenvalue weighted by Gasteiger charge is -2.25. The van der Waals surface area contributed by atoms with Crippen LogP contribution in [-0.4, -0.2) is 42.1 Å². The molecular weight excluding hydrogens is 494 g/mol. The van der Waals surface area contributed by atoms with Gasteiger partial charge in [-0.05, 0) is 84.1 Å². The number of rotatable bonds is 10. The van der Waals surface area contributed by atoms with Crippen LogP contribution in [0.5, 0.6) is 0 Å². The molecule has 1 unspecified atom stereocenters. The summed E-state index contributed by atoms with van der Waals surface area (Å²) in [6.45, 7) is 11.3. The number of hydrazine groups is 1. The first kappa shape index (κ1) is 30.1. The summed E-state index contributed by atoms with van der Waals surface area (Å²) in [5.41, 5.74) is 2.97. The van der Waals surface area contributed by atoms with Gasteiger partial charge in [0.1, 0.15) is 17.2 Å². The Bertz CT molecular complexity index is 1210. The van der Waals surface area contributed by atoms with E-state index in [0.29, 0.717) is 12.4 Å². The average molecular weight is 538 g/mol. The van der Waals surface area contributed by atoms with Gasteiger partial charge in [0, 0.05) is 24.3 Å². The number of Topliss-reactive ketones (excluding diaryl/α,β-unsaturated/α-hetero) is 1. The third kappa shape index (κ3) is 8.53.